The minimum atomic E-state index is -0.0205. The van der Waals surface area contributed by atoms with Crippen LogP contribution >= 0.6 is 12.4 Å². The first-order chi connectivity index (χ1) is 12.7. The molecule has 27 heavy (non-hydrogen) atoms. The van der Waals surface area contributed by atoms with E-state index in [9.17, 15) is 4.79 Å². The third-order valence-corrected chi connectivity index (χ3v) is 5.34. The predicted molar refractivity (Wildman–Crippen MR) is 110 cm³/mol. The van der Waals surface area contributed by atoms with Crippen molar-refractivity contribution in [1.82, 2.24) is 10.2 Å². The van der Waals surface area contributed by atoms with Gasteiger partial charge in [-0.1, -0.05) is 24.3 Å². The summed E-state index contributed by atoms with van der Waals surface area (Å²) in [6.07, 6.45) is 3.45. The summed E-state index contributed by atoms with van der Waals surface area (Å²) < 4.78 is 5.85. The Morgan fingerprint density at radius 3 is 2.67 bits per heavy atom. The molecule has 0 bridgehead atoms. The molecule has 2 heterocycles. The molecule has 2 fully saturated rings. The topological polar surface area (TPSA) is 53.6 Å². The van der Waals surface area contributed by atoms with Crippen molar-refractivity contribution in [2.45, 2.75) is 19.3 Å². The second-order valence-corrected chi connectivity index (χ2v) is 7.32. The van der Waals surface area contributed by atoms with E-state index in [-0.39, 0.29) is 23.9 Å². The van der Waals surface area contributed by atoms with E-state index in [4.69, 9.17) is 4.74 Å². The van der Waals surface area contributed by atoms with E-state index < -0.39 is 0 Å². The molecule has 4 rings (SSSR count). The van der Waals surface area contributed by atoms with Gasteiger partial charge in [-0.3, -0.25) is 0 Å². The minimum absolute atomic E-state index is 0. The molecule has 2 N–H and O–H groups in total. The number of ether oxygens (including phenoxy) is 1. The van der Waals surface area contributed by atoms with Crippen molar-refractivity contribution in [1.29, 1.82) is 0 Å². The van der Waals surface area contributed by atoms with Crippen LogP contribution < -0.4 is 15.4 Å². The normalized spacial score (nSPS) is 21.6. The number of rotatable bonds is 3. The molecule has 0 radical (unpaired) electrons. The zero-order valence-electron chi connectivity index (χ0n) is 15.3. The maximum Gasteiger partial charge on any atom is 0.321 e. The van der Waals surface area contributed by atoms with Gasteiger partial charge in [-0.15, -0.1) is 12.4 Å². The highest BCUT2D eigenvalue weighted by Crippen LogP contribution is 2.35. The first kappa shape index (κ1) is 19.5. The maximum atomic E-state index is 12.7. The van der Waals surface area contributed by atoms with Crippen LogP contribution in [0.2, 0.25) is 0 Å². The quantitative estimate of drug-likeness (QED) is 0.814. The van der Waals surface area contributed by atoms with Gasteiger partial charge in [0.05, 0.1) is 0 Å². The zero-order chi connectivity index (χ0) is 17.8. The van der Waals surface area contributed by atoms with Gasteiger partial charge >= 0.3 is 6.03 Å². The number of urea groups is 1. The monoisotopic (exact) mass is 387 g/mol. The van der Waals surface area contributed by atoms with Gasteiger partial charge in [0.15, 0.2) is 0 Å². The van der Waals surface area contributed by atoms with Crippen LogP contribution in [0.4, 0.5) is 10.5 Å². The Morgan fingerprint density at radius 1 is 1.07 bits per heavy atom. The van der Waals surface area contributed by atoms with Crippen molar-refractivity contribution < 1.29 is 9.53 Å². The Morgan fingerprint density at radius 2 is 1.89 bits per heavy atom. The second-order valence-electron chi connectivity index (χ2n) is 7.32. The SMILES string of the molecule is Cl.O=C(Nc1cccc(Oc2ccccc2)c1)N1CCCC2(CCNC2)C1. The third-order valence-electron chi connectivity index (χ3n) is 5.34. The van der Waals surface area contributed by atoms with Crippen LogP contribution in [0.25, 0.3) is 0 Å². The Hall–Kier alpha value is -2.24. The van der Waals surface area contributed by atoms with Crippen molar-refractivity contribution in [3.8, 4) is 11.5 Å². The van der Waals surface area contributed by atoms with Crippen LogP contribution in [0.5, 0.6) is 11.5 Å². The Balaban J connectivity index is 0.00000210. The highest BCUT2D eigenvalue weighted by molar-refractivity contribution is 5.89. The molecule has 6 heteroatoms. The predicted octanol–water partition coefficient (Wildman–Crippen LogP) is 4.51. The molecule has 2 saturated heterocycles. The minimum Gasteiger partial charge on any atom is -0.457 e. The number of benzene rings is 2. The summed E-state index contributed by atoms with van der Waals surface area (Å²) in [7, 11) is 0. The van der Waals surface area contributed by atoms with E-state index in [1.807, 2.05) is 59.5 Å². The fourth-order valence-corrected chi connectivity index (χ4v) is 3.99. The molecule has 144 valence electrons. The molecule has 1 unspecified atom stereocenters. The number of halogens is 1. The molecule has 5 nitrogen and oxygen atoms in total. The highest BCUT2D eigenvalue weighted by Gasteiger charge is 2.39. The Kier molecular flexibility index (Phi) is 6.24. The molecule has 1 spiro atoms. The van der Waals surface area contributed by atoms with Crippen molar-refractivity contribution >= 4 is 24.1 Å². The molecule has 0 saturated carbocycles. The van der Waals surface area contributed by atoms with Gasteiger partial charge in [0, 0.05) is 36.8 Å². The van der Waals surface area contributed by atoms with E-state index in [0.717, 1.165) is 50.5 Å². The molecule has 2 aliphatic rings. The van der Waals surface area contributed by atoms with Gasteiger partial charge in [0.25, 0.3) is 0 Å². The van der Waals surface area contributed by atoms with Crippen molar-refractivity contribution in [2.75, 3.05) is 31.5 Å². The van der Waals surface area contributed by atoms with Crippen LogP contribution in [-0.4, -0.2) is 37.1 Å². The number of likely N-dealkylation sites (tertiary alicyclic amines) is 1. The van der Waals surface area contributed by atoms with Crippen LogP contribution in [0.3, 0.4) is 0 Å². The molecular formula is C21H26ClN3O2. The Labute approximate surface area is 166 Å². The van der Waals surface area contributed by atoms with Crippen LogP contribution in [0, 0.1) is 5.41 Å². The number of amides is 2. The van der Waals surface area contributed by atoms with Crippen LogP contribution in [-0.2, 0) is 0 Å². The third kappa shape index (κ3) is 4.73. The number of hydrogen-bond acceptors (Lipinski definition) is 3. The van der Waals surface area contributed by atoms with E-state index in [0.29, 0.717) is 5.75 Å². The van der Waals surface area contributed by atoms with Gasteiger partial charge < -0.3 is 20.3 Å². The summed E-state index contributed by atoms with van der Waals surface area (Å²) in [5.74, 6) is 1.49. The van der Waals surface area contributed by atoms with Crippen molar-refractivity contribution in [3.63, 3.8) is 0 Å². The summed E-state index contributed by atoms with van der Waals surface area (Å²) in [5, 5.41) is 6.48. The lowest BCUT2D eigenvalue weighted by molar-refractivity contribution is 0.125. The highest BCUT2D eigenvalue weighted by atomic mass is 35.5. The second kappa shape index (κ2) is 8.63. The van der Waals surface area contributed by atoms with E-state index in [2.05, 4.69) is 10.6 Å². The summed E-state index contributed by atoms with van der Waals surface area (Å²) in [6.45, 7) is 3.76. The fourth-order valence-electron chi connectivity index (χ4n) is 3.99. The number of anilines is 1. The number of hydrogen-bond donors (Lipinski definition) is 2. The molecule has 0 aromatic heterocycles. The molecule has 0 aliphatic carbocycles. The first-order valence-corrected chi connectivity index (χ1v) is 9.32. The van der Waals surface area contributed by atoms with Gasteiger partial charge in [-0.25, -0.2) is 4.79 Å². The summed E-state index contributed by atoms with van der Waals surface area (Å²) in [6, 6.07) is 17.2. The fraction of sp³-hybridized carbons (Fsp3) is 0.381. The van der Waals surface area contributed by atoms with Crippen LogP contribution in [0.1, 0.15) is 19.3 Å². The molecule has 2 aliphatic heterocycles. The molecule has 1 atom stereocenters. The molecule has 2 aromatic carbocycles. The average Bonchev–Trinajstić information content (AvgIpc) is 3.10. The molecular weight excluding hydrogens is 362 g/mol. The van der Waals surface area contributed by atoms with E-state index in [1.54, 1.807) is 0 Å². The lowest BCUT2D eigenvalue weighted by Gasteiger charge is -2.39. The largest absolute Gasteiger partial charge is 0.457 e. The molecule has 2 aromatic rings. The maximum absolute atomic E-state index is 12.7. The van der Waals surface area contributed by atoms with Gasteiger partial charge in [-0.2, -0.15) is 0 Å². The smallest absolute Gasteiger partial charge is 0.321 e. The summed E-state index contributed by atoms with van der Waals surface area (Å²) >= 11 is 0. The number of carbonyl (C=O) groups excluding carboxylic acids is 1. The number of nitrogens with one attached hydrogen (secondary N) is 2. The van der Waals surface area contributed by atoms with E-state index in [1.165, 1.54) is 6.42 Å². The van der Waals surface area contributed by atoms with Gasteiger partial charge in [0.1, 0.15) is 11.5 Å². The Bertz CT molecular complexity index is 763. The van der Waals surface area contributed by atoms with Crippen molar-refractivity contribution in [3.05, 3.63) is 54.6 Å². The van der Waals surface area contributed by atoms with E-state index >= 15 is 0 Å². The van der Waals surface area contributed by atoms with Crippen LogP contribution in [0.15, 0.2) is 54.6 Å². The molecule has 2 amide bonds. The summed E-state index contributed by atoms with van der Waals surface area (Å²) in [4.78, 5) is 14.7. The zero-order valence-corrected chi connectivity index (χ0v) is 16.1. The lowest BCUT2D eigenvalue weighted by atomic mass is 9.79. The number of piperidine rings is 1. The first-order valence-electron chi connectivity index (χ1n) is 9.32. The standard InChI is InChI=1S/C21H25N3O2.ClH/c25-20(24-13-5-10-21(16-24)11-12-22-15-21)23-17-6-4-9-19(14-17)26-18-7-2-1-3-8-18;/h1-4,6-9,14,22H,5,10-13,15-16H2,(H,23,25);1H. The number of nitrogens with zero attached hydrogens (tertiary/aromatic N) is 1. The average molecular weight is 388 g/mol. The van der Waals surface area contributed by atoms with Crippen molar-refractivity contribution in [2.24, 2.45) is 5.41 Å². The number of carbonyl (C=O) groups is 1. The van der Waals surface area contributed by atoms with Gasteiger partial charge in [0.2, 0.25) is 0 Å². The van der Waals surface area contributed by atoms with Gasteiger partial charge in [-0.05, 0) is 50.1 Å². The number of para-hydroxylation sites is 1. The summed E-state index contributed by atoms with van der Waals surface area (Å²) in [5.41, 5.74) is 1.03. The lowest BCUT2D eigenvalue weighted by Crippen LogP contribution is -2.48.